The molecule has 0 bridgehead atoms. The molecule has 1 aromatic carbocycles. The number of carbonyl (C=O) groups is 2. The Labute approximate surface area is 126 Å². The summed E-state index contributed by atoms with van der Waals surface area (Å²) < 4.78 is 5.34. The first-order valence-electron chi connectivity index (χ1n) is 7.64. The van der Waals surface area contributed by atoms with E-state index < -0.39 is 0 Å². The van der Waals surface area contributed by atoms with Crippen LogP contribution in [0.15, 0.2) is 30.3 Å². The number of carbonyl (C=O) groups excluding carboxylic acids is 2. The van der Waals surface area contributed by atoms with Crippen LogP contribution in [-0.2, 0) is 16.1 Å². The maximum atomic E-state index is 12.1. The van der Waals surface area contributed by atoms with Gasteiger partial charge >= 0.3 is 6.09 Å². The summed E-state index contributed by atoms with van der Waals surface area (Å²) in [7, 11) is 0. The molecular weight excluding hydrogens is 266 g/mol. The zero-order valence-electron chi connectivity index (χ0n) is 12.7. The molecule has 1 aromatic rings. The topological polar surface area (TPSA) is 46.6 Å². The van der Waals surface area contributed by atoms with Gasteiger partial charge in [0.2, 0.25) is 0 Å². The Morgan fingerprint density at radius 3 is 2.52 bits per heavy atom. The Morgan fingerprint density at radius 2 is 1.90 bits per heavy atom. The predicted molar refractivity (Wildman–Crippen MR) is 80.8 cm³/mol. The van der Waals surface area contributed by atoms with E-state index in [0.29, 0.717) is 19.5 Å². The molecule has 0 aromatic heterocycles. The van der Waals surface area contributed by atoms with Crippen LogP contribution in [0.4, 0.5) is 4.79 Å². The second-order valence-electron chi connectivity index (χ2n) is 5.54. The van der Waals surface area contributed by atoms with E-state index >= 15 is 0 Å². The van der Waals surface area contributed by atoms with E-state index in [9.17, 15) is 9.59 Å². The standard InChI is InChI=1S/C17H23NO3/c1-3-14-10-18(11-15(14)16(19)4-2)17(20)21-12-13-8-6-5-7-9-13/h5-9,14-15H,3-4,10-12H2,1-2H3/t14-,15+/m1/s1. The summed E-state index contributed by atoms with van der Waals surface area (Å²) in [5.41, 5.74) is 0.971. The normalized spacial score (nSPS) is 21.3. The number of hydrogen-bond acceptors (Lipinski definition) is 3. The summed E-state index contributed by atoms with van der Waals surface area (Å²) >= 11 is 0. The number of rotatable bonds is 5. The lowest BCUT2D eigenvalue weighted by atomic mass is 9.89. The van der Waals surface area contributed by atoms with Crippen molar-refractivity contribution < 1.29 is 14.3 Å². The van der Waals surface area contributed by atoms with E-state index in [-0.39, 0.29) is 30.3 Å². The number of likely N-dealkylation sites (tertiary alicyclic amines) is 1. The monoisotopic (exact) mass is 289 g/mol. The zero-order valence-corrected chi connectivity index (χ0v) is 12.7. The van der Waals surface area contributed by atoms with Gasteiger partial charge in [0, 0.05) is 25.4 Å². The molecular formula is C17H23NO3. The van der Waals surface area contributed by atoms with Gasteiger partial charge in [-0.1, -0.05) is 50.6 Å². The predicted octanol–water partition coefficient (Wildman–Crippen LogP) is 3.26. The molecule has 4 heteroatoms. The Hall–Kier alpha value is -1.84. The molecule has 0 spiro atoms. The van der Waals surface area contributed by atoms with Gasteiger partial charge in [0.25, 0.3) is 0 Å². The molecule has 2 rings (SSSR count). The highest BCUT2D eigenvalue weighted by molar-refractivity contribution is 5.82. The molecule has 2 atom stereocenters. The Kier molecular flexibility index (Phi) is 5.37. The lowest BCUT2D eigenvalue weighted by molar-refractivity contribution is -0.123. The summed E-state index contributed by atoms with van der Waals surface area (Å²) in [5.74, 6) is 0.492. The number of ether oxygens (including phenoxy) is 1. The van der Waals surface area contributed by atoms with E-state index in [1.165, 1.54) is 0 Å². The van der Waals surface area contributed by atoms with Gasteiger partial charge in [-0.3, -0.25) is 4.79 Å². The Morgan fingerprint density at radius 1 is 1.19 bits per heavy atom. The molecule has 1 aliphatic rings. The average Bonchev–Trinajstić information content (AvgIpc) is 2.97. The number of nitrogens with zero attached hydrogens (tertiary/aromatic N) is 1. The molecule has 0 aliphatic carbocycles. The molecule has 1 fully saturated rings. The number of Topliss-reactive ketones (excluding diaryl/α,β-unsaturated/α-hetero) is 1. The first-order valence-corrected chi connectivity index (χ1v) is 7.64. The van der Waals surface area contributed by atoms with Gasteiger partial charge in [-0.15, -0.1) is 0 Å². The highest BCUT2D eigenvalue weighted by Crippen LogP contribution is 2.28. The summed E-state index contributed by atoms with van der Waals surface area (Å²) in [5, 5.41) is 0. The highest BCUT2D eigenvalue weighted by atomic mass is 16.6. The highest BCUT2D eigenvalue weighted by Gasteiger charge is 2.38. The van der Waals surface area contributed by atoms with Gasteiger partial charge in [0.05, 0.1) is 0 Å². The van der Waals surface area contributed by atoms with Crippen LogP contribution >= 0.6 is 0 Å². The van der Waals surface area contributed by atoms with Crippen molar-refractivity contribution in [2.75, 3.05) is 13.1 Å². The van der Waals surface area contributed by atoms with E-state index in [1.807, 2.05) is 37.3 Å². The van der Waals surface area contributed by atoms with Crippen LogP contribution in [-0.4, -0.2) is 29.9 Å². The van der Waals surface area contributed by atoms with Crippen LogP contribution in [0, 0.1) is 11.8 Å². The molecule has 0 N–H and O–H groups in total. The van der Waals surface area contributed by atoms with Gasteiger partial charge in [0.15, 0.2) is 0 Å². The summed E-state index contributed by atoms with van der Waals surface area (Å²) in [6, 6.07) is 9.62. The van der Waals surface area contributed by atoms with E-state index in [4.69, 9.17) is 4.74 Å². The Balaban J connectivity index is 1.90. The van der Waals surface area contributed by atoms with E-state index in [1.54, 1.807) is 4.90 Å². The molecule has 4 nitrogen and oxygen atoms in total. The molecule has 21 heavy (non-hydrogen) atoms. The van der Waals surface area contributed by atoms with Crippen molar-refractivity contribution >= 4 is 11.9 Å². The summed E-state index contributed by atoms with van der Waals surface area (Å²) in [6.45, 7) is 5.35. The lowest BCUT2D eigenvalue weighted by Crippen LogP contribution is -2.30. The van der Waals surface area contributed by atoms with E-state index in [2.05, 4.69) is 6.92 Å². The third kappa shape index (κ3) is 3.84. The van der Waals surface area contributed by atoms with Crippen molar-refractivity contribution in [3.63, 3.8) is 0 Å². The number of hydrogen-bond donors (Lipinski definition) is 0. The summed E-state index contributed by atoms with van der Waals surface area (Å²) in [4.78, 5) is 25.8. The van der Waals surface area contributed by atoms with Gasteiger partial charge in [-0.25, -0.2) is 4.79 Å². The minimum absolute atomic E-state index is 0.0238. The number of ketones is 1. The minimum Gasteiger partial charge on any atom is -0.445 e. The molecule has 1 heterocycles. The van der Waals surface area contributed by atoms with Crippen LogP contribution in [0.25, 0.3) is 0 Å². The van der Waals surface area contributed by atoms with Crippen LogP contribution in [0.1, 0.15) is 32.3 Å². The van der Waals surface area contributed by atoms with Crippen LogP contribution in [0.2, 0.25) is 0 Å². The van der Waals surface area contributed by atoms with Crippen molar-refractivity contribution in [2.45, 2.75) is 33.3 Å². The fraction of sp³-hybridized carbons (Fsp3) is 0.529. The fourth-order valence-electron chi connectivity index (χ4n) is 2.87. The maximum absolute atomic E-state index is 12.1. The SMILES string of the molecule is CCC(=O)[C@H]1CN(C(=O)OCc2ccccc2)C[C@H]1CC. The Bertz CT molecular complexity index is 486. The van der Waals surface area contributed by atoms with Crippen molar-refractivity contribution in [3.05, 3.63) is 35.9 Å². The molecule has 114 valence electrons. The van der Waals surface area contributed by atoms with Crippen LogP contribution in [0.5, 0.6) is 0 Å². The van der Waals surface area contributed by atoms with Crippen molar-refractivity contribution in [2.24, 2.45) is 11.8 Å². The summed E-state index contributed by atoms with van der Waals surface area (Å²) in [6.07, 6.45) is 1.14. The van der Waals surface area contributed by atoms with Crippen LogP contribution < -0.4 is 0 Å². The molecule has 0 radical (unpaired) electrons. The van der Waals surface area contributed by atoms with E-state index in [0.717, 1.165) is 12.0 Å². The van der Waals surface area contributed by atoms with Gasteiger partial charge in [-0.05, 0) is 11.5 Å². The molecule has 0 unspecified atom stereocenters. The first kappa shape index (κ1) is 15.5. The zero-order chi connectivity index (χ0) is 15.2. The second-order valence-corrected chi connectivity index (χ2v) is 5.54. The molecule has 1 amide bonds. The van der Waals surface area contributed by atoms with Crippen LogP contribution in [0.3, 0.4) is 0 Å². The van der Waals surface area contributed by atoms with Gasteiger partial charge < -0.3 is 9.64 Å². The second kappa shape index (κ2) is 7.25. The third-order valence-corrected chi connectivity index (χ3v) is 4.19. The van der Waals surface area contributed by atoms with Crippen molar-refractivity contribution in [3.8, 4) is 0 Å². The average molecular weight is 289 g/mol. The molecule has 1 saturated heterocycles. The quantitative estimate of drug-likeness (QED) is 0.836. The fourth-order valence-corrected chi connectivity index (χ4v) is 2.87. The minimum atomic E-state index is -0.316. The maximum Gasteiger partial charge on any atom is 0.410 e. The van der Waals surface area contributed by atoms with Gasteiger partial charge in [-0.2, -0.15) is 0 Å². The van der Waals surface area contributed by atoms with Crippen molar-refractivity contribution in [1.29, 1.82) is 0 Å². The first-order chi connectivity index (χ1) is 10.2. The van der Waals surface area contributed by atoms with Gasteiger partial charge in [0.1, 0.15) is 12.4 Å². The van der Waals surface area contributed by atoms with Crippen molar-refractivity contribution in [1.82, 2.24) is 4.90 Å². The molecule has 1 aliphatic heterocycles. The largest absolute Gasteiger partial charge is 0.445 e. The molecule has 0 saturated carbocycles. The third-order valence-electron chi connectivity index (χ3n) is 4.19. The smallest absolute Gasteiger partial charge is 0.410 e. The lowest BCUT2D eigenvalue weighted by Gasteiger charge is -2.16. The number of benzene rings is 1. The number of amides is 1.